The third-order valence-electron chi connectivity index (χ3n) is 2.83. The predicted molar refractivity (Wildman–Crippen MR) is 93.9 cm³/mol. The molecule has 0 saturated carbocycles. The molecule has 0 fully saturated rings. The minimum absolute atomic E-state index is 0.0468. The number of benzene rings is 1. The van der Waals surface area contributed by atoms with E-state index in [0.29, 0.717) is 12.1 Å². The fourth-order valence-electron chi connectivity index (χ4n) is 1.68. The van der Waals surface area contributed by atoms with Gasteiger partial charge in [-0.05, 0) is 41.8 Å². The fourth-order valence-corrected chi connectivity index (χ4v) is 1.68. The van der Waals surface area contributed by atoms with Crippen LogP contribution in [0.25, 0.3) is 0 Å². The van der Waals surface area contributed by atoms with Crippen molar-refractivity contribution in [2.24, 2.45) is 0 Å². The molecule has 2 aromatic rings. The van der Waals surface area contributed by atoms with Crippen LogP contribution >= 0.6 is 0 Å². The van der Waals surface area contributed by atoms with Crippen LogP contribution in [0.5, 0.6) is 0 Å². The molecule has 3 heteroatoms. The van der Waals surface area contributed by atoms with Gasteiger partial charge in [-0.25, -0.2) is 0 Å². The number of carbonyl (C=O) groups is 1. The number of carbonyl (C=O) groups excluding carboxylic acids is 1. The number of aryl methyl sites for hydroxylation is 1. The number of hydrogen-bond acceptors (Lipinski definition) is 2. The molecule has 1 aromatic carbocycles. The summed E-state index contributed by atoms with van der Waals surface area (Å²) in [5, 5.41) is 2.89. The van der Waals surface area contributed by atoms with Gasteiger partial charge in [-0.15, -0.1) is 0 Å². The van der Waals surface area contributed by atoms with Gasteiger partial charge in [0.25, 0.3) is 5.91 Å². The largest absolute Gasteiger partial charge is 0.348 e. The first-order valence-electron chi connectivity index (χ1n) is 8.05. The van der Waals surface area contributed by atoms with E-state index < -0.39 is 0 Å². The van der Waals surface area contributed by atoms with Crippen LogP contribution in [0.15, 0.2) is 48.8 Å². The molecule has 1 N–H and O–H groups in total. The predicted octanol–water partition coefficient (Wildman–Crippen LogP) is 4.63. The highest BCUT2D eigenvalue weighted by molar-refractivity contribution is 5.94. The molecule has 0 saturated heterocycles. The molecule has 2 rings (SSSR count). The lowest BCUT2D eigenvalue weighted by atomic mass is 10.1. The van der Waals surface area contributed by atoms with Crippen LogP contribution in [-0.4, -0.2) is 10.9 Å². The minimum atomic E-state index is -0.0468. The molecule has 0 spiro atoms. The lowest BCUT2D eigenvalue weighted by Crippen LogP contribution is -2.22. The summed E-state index contributed by atoms with van der Waals surface area (Å²) in [6, 6.07) is 11.5. The summed E-state index contributed by atoms with van der Waals surface area (Å²) in [5.41, 5.74) is 2.98. The van der Waals surface area contributed by atoms with Crippen LogP contribution in [0.4, 0.5) is 0 Å². The van der Waals surface area contributed by atoms with Crippen LogP contribution in [0.2, 0.25) is 0 Å². The Morgan fingerprint density at radius 2 is 1.45 bits per heavy atom. The number of nitrogens with one attached hydrogen (secondary N) is 1. The van der Waals surface area contributed by atoms with Crippen LogP contribution in [0.3, 0.4) is 0 Å². The number of amides is 1. The molecule has 120 valence electrons. The second-order valence-corrected chi connectivity index (χ2v) is 4.09. The van der Waals surface area contributed by atoms with E-state index in [1.165, 1.54) is 5.56 Å². The van der Waals surface area contributed by atoms with E-state index in [1.807, 2.05) is 64.1 Å². The number of nitrogens with zero attached hydrogens (tertiary/aromatic N) is 1. The number of pyridine rings is 1. The zero-order valence-electron chi connectivity index (χ0n) is 14.4. The fraction of sp³-hybridized carbons (Fsp3) is 0.368. The Morgan fingerprint density at radius 3 is 1.95 bits per heavy atom. The van der Waals surface area contributed by atoms with Gasteiger partial charge in [0.15, 0.2) is 0 Å². The van der Waals surface area contributed by atoms with Crippen molar-refractivity contribution in [2.45, 2.75) is 47.6 Å². The molecule has 1 amide bonds. The molecular weight excluding hydrogens is 272 g/mol. The Balaban J connectivity index is 0.00000102. The third kappa shape index (κ3) is 7.02. The third-order valence-corrected chi connectivity index (χ3v) is 2.83. The minimum Gasteiger partial charge on any atom is -0.348 e. The quantitative estimate of drug-likeness (QED) is 0.894. The van der Waals surface area contributed by atoms with Gasteiger partial charge in [0.2, 0.25) is 0 Å². The maximum atomic E-state index is 11.9. The average molecular weight is 300 g/mol. The number of rotatable bonds is 4. The van der Waals surface area contributed by atoms with Gasteiger partial charge in [0.1, 0.15) is 0 Å². The normalized spacial score (nSPS) is 8.77. The second kappa shape index (κ2) is 12.6. The summed E-state index contributed by atoms with van der Waals surface area (Å²) in [6.45, 7) is 10.6. The highest BCUT2D eigenvalue weighted by Gasteiger charge is 2.04. The van der Waals surface area contributed by atoms with E-state index in [-0.39, 0.29) is 5.91 Å². The highest BCUT2D eigenvalue weighted by Crippen LogP contribution is 2.05. The molecule has 0 atom stereocenters. The van der Waals surface area contributed by atoms with Crippen molar-refractivity contribution in [3.63, 3.8) is 0 Å². The first-order valence-corrected chi connectivity index (χ1v) is 8.05. The van der Waals surface area contributed by atoms with Gasteiger partial charge in [-0.1, -0.05) is 46.8 Å². The standard InChI is InChI=1S/C15H16N2O.2C2H6/c1-2-12-3-5-14(6-4-12)15(18)17-11-13-7-9-16-10-8-13;2*1-2/h3-10H,2,11H2,1H3,(H,17,18);2*1-2H3. The van der Waals surface area contributed by atoms with Crippen molar-refractivity contribution in [1.29, 1.82) is 0 Å². The van der Waals surface area contributed by atoms with E-state index in [1.54, 1.807) is 12.4 Å². The molecule has 0 bridgehead atoms. The SMILES string of the molecule is CC.CC.CCc1ccc(C(=O)NCc2ccncc2)cc1. The summed E-state index contributed by atoms with van der Waals surface area (Å²) in [4.78, 5) is 15.8. The molecule has 1 heterocycles. The Bertz CT molecular complexity index is 507. The highest BCUT2D eigenvalue weighted by atomic mass is 16.1. The van der Waals surface area contributed by atoms with E-state index >= 15 is 0 Å². The lowest BCUT2D eigenvalue weighted by Gasteiger charge is -2.05. The molecule has 0 aliphatic rings. The van der Waals surface area contributed by atoms with Crippen molar-refractivity contribution in [3.05, 3.63) is 65.5 Å². The first kappa shape index (κ1) is 19.8. The molecule has 3 nitrogen and oxygen atoms in total. The Kier molecular flexibility index (Phi) is 11.3. The van der Waals surface area contributed by atoms with Gasteiger partial charge in [-0.3, -0.25) is 9.78 Å². The van der Waals surface area contributed by atoms with Crippen molar-refractivity contribution >= 4 is 5.91 Å². The topological polar surface area (TPSA) is 42.0 Å². The first-order chi connectivity index (χ1) is 10.8. The molecular formula is C19H28N2O. The lowest BCUT2D eigenvalue weighted by molar-refractivity contribution is 0.0951. The zero-order valence-corrected chi connectivity index (χ0v) is 14.4. The van der Waals surface area contributed by atoms with Crippen molar-refractivity contribution in [1.82, 2.24) is 10.3 Å². The average Bonchev–Trinajstić information content (AvgIpc) is 2.64. The monoisotopic (exact) mass is 300 g/mol. The van der Waals surface area contributed by atoms with E-state index in [0.717, 1.165) is 12.0 Å². The molecule has 0 radical (unpaired) electrons. The van der Waals surface area contributed by atoms with Gasteiger partial charge in [0.05, 0.1) is 0 Å². The summed E-state index contributed by atoms with van der Waals surface area (Å²) in [6.07, 6.45) is 4.42. The van der Waals surface area contributed by atoms with Crippen molar-refractivity contribution < 1.29 is 4.79 Å². The van der Waals surface area contributed by atoms with E-state index in [4.69, 9.17) is 0 Å². The molecule has 0 aliphatic heterocycles. The van der Waals surface area contributed by atoms with Crippen molar-refractivity contribution in [2.75, 3.05) is 0 Å². The molecule has 1 aromatic heterocycles. The summed E-state index contributed by atoms with van der Waals surface area (Å²) < 4.78 is 0. The van der Waals surface area contributed by atoms with Gasteiger partial charge >= 0.3 is 0 Å². The zero-order chi connectivity index (χ0) is 16.8. The van der Waals surface area contributed by atoms with E-state index in [2.05, 4.69) is 17.2 Å². The summed E-state index contributed by atoms with van der Waals surface area (Å²) in [7, 11) is 0. The molecule has 0 aliphatic carbocycles. The summed E-state index contributed by atoms with van der Waals surface area (Å²) >= 11 is 0. The maximum Gasteiger partial charge on any atom is 0.251 e. The second-order valence-electron chi connectivity index (χ2n) is 4.09. The van der Waals surface area contributed by atoms with Crippen LogP contribution < -0.4 is 5.32 Å². The maximum absolute atomic E-state index is 11.9. The van der Waals surface area contributed by atoms with Crippen LogP contribution in [-0.2, 0) is 13.0 Å². The molecule has 0 unspecified atom stereocenters. The smallest absolute Gasteiger partial charge is 0.251 e. The van der Waals surface area contributed by atoms with Gasteiger partial charge < -0.3 is 5.32 Å². The van der Waals surface area contributed by atoms with Gasteiger partial charge in [0, 0.05) is 24.5 Å². The number of hydrogen-bond donors (Lipinski definition) is 1. The molecule has 22 heavy (non-hydrogen) atoms. The Hall–Kier alpha value is -2.16. The Morgan fingerprint density at radius 1 is 0.909 bits per heavy atom. The number of aromatic nitrogens is 1. The van der Waals surface area contributed by atoms with Gasteiger partial charge in [-0.2, -0.15) is 0 Å². The Labute approximate surface area is 134 Å². The van der Waals surface area contributed by atoms with Crippen molar-refractivity contribution in [3.8, 4) is 0 Å². The van der Waals surface area contributed by atoms with E-state index in [9.17, 15) is 4.79 Å². The summed E-state index contributed by atoms with van der Waals surface area (Å²) in [5.74, 6) is -0.0468. The van der Waals surface area contributed by atoms with Crippen LogP contribution in [0.1, 0.15) is 56.1 Å². The van der Waals surface area contributed by atoms with Crippen LogP contribution in [0, 0.1) is 0 Å².